The van der Waals surface area contributed by atoms with Crippen molar-refractivity contribution in [1.82, 2.24) is 0 Å². The Balaban J connectivity index is 2.00. The Labute approximate surface area is 127 Å². The summed E-state index contributed by atoms with van der Waals surface area (Å²) in [5, 5.41) is 2.68. The van der Waals surface area contributed by atoms with Gasteiger partial charge in [0.2, 0.25) is 0 Å². The van der Waals surface area contributed by atoms with Crippen molar-refractivity contribution in [2.45, 2.75) is 20.0 Å². The van der Waals surface area contributed by atoms with Gasteiger partial charge in [0, 0.05) is 11.3 Å². The number of anilines is 1. The van der Waals surface area contributed by atoms with Crippen molar-refractivity contribution in [3.05, 3.63) is 59.9 Å². The summed E-state index contributed by atoms with van der Waals surface area (Å²) < 4.78 is 18.2. The number of hydrogen-bond donors (Lipinski definition) is 1. The molecule has 0 saturated heterocycles. The van der Waals surface area contributed by atoms with Crippen LogP contribution in [0.4, 0.5) is 10.1 Å². The molecule has 0 unspecified atom stereocenters. The maximum absolute atomic E-state index is 12.8. The summed E-state index contributed by atoms with van der Waals surface area (Å²) in [6.45, 7) is 3.05. The molecule has 0 aliphatic rings. The van der Waals surface area contributed by atoms with E-state index < -0.39 is 6.10 Å². The predicted octanol–water partition coefficient (Wildman–Crippen LogP) is 3.43. The largest absolute Gasteiger partial charge is 0.481 e. The topological polar surface area (TPSA) is 55.4 Å². The van der Waals surface area contributed by atoms with Gasteiger partial charge in [0.05, 0.1) is 0 Å². The fraction of sp³-hybridized carbons (Fsp3) is 0.176. The van der Waals surface area contributed by atoms with E-state index in [0.717, 1.165) is 0 Å². The van der Waals surface area contributed by atoms with Crippen molar-refractivity contribution < 1.29 is 18.7 Å². The van der Waals surface area contributed by atoms with Crippen LogP contribution < -0.4 is 10.1 Å². The summed E-state index contributed by atoms with van der Waals surface area (Å²) in [4.78, 5) is 23.4. The number of halogens is 1. The van der Waals surface area contributed by atoms with Crippen molar-refractivity contribution in [2.24, 2.45) is 0 Å². The molecule has 0 radical (unpaired) electrons. The van der Waals surface area contributed by atoms with E-state index in [-0.39, 0.29) is 17.5 Å². The van der Waals surface area contributed by atoms with Crippen molar-refractivity contribution >= 4 is 17.4 Å². The lowest BCUT2D eigenvalue weighted by Gasteiger charge is -2.15. The summed E-state index contributed by atoms with van der Waals surface area (Å²) in [5.41, 5.74) is 1.04. The molecule has 0 fully saturated rings. The Morgan fingerprint density at radius 3 is 2.45 bits per heavy atom. The number of carbonyl (C=O) groups is 2. The highest BCUT2D eigenvalue weighted by Crippen LogP contribution is 2.15. The van der Waals surface area contributed by atoms with Crippen LogP contribution in [-0.2, 0) is 4.79 Å². The van der Waals surface area contributed by atoms with Crippen LogP contribution in [0, 0.1) is 5.82 Å². The predicted molar refractivity (Wildman–Crippen MR) is 81.6 cm³/mol. The molecular weight excluding hydrogens is 285 g/mol. The van der Waals surface area contributed by atoms with Crippen LogP contribution in [0.5, 0.6) is 5.75 Å². The molecule has 1 atom stereocenters. The van der Waals surface area contributed by atoms with Crippen LogP contribution in [0.1, 0.15) is 24.2 Å². The third kappa shape index (κ3) is 4.15. The molecule has 2 aromatic rings. The normalized spacial score (nSPS) is 11.6. The third-order valence-corrected chi connectivity index (χ3v) is 3.03. The number of Topliss-reactive ketones (excluding diaryl/α,β-unsaturated/α-hetero) is 1. The SMILES string of the molecule is CC(=O)c1cccc(NC(=O)[C@H](C)Oc2ccc(F)cc2)c1. The molecule has 1 amide bonds. The minimum Gasteiger partial charge on any atom is -0.481 e. The second-order valence-electron chi connectivity index (χ2n) is 4.84. The van der Waals surface area contributed by atoms with Gasteiger partial charge in [-0.3, -0.25) is 9.59 Å². The zero-order valence-corrected chi connectivity index (χ0v) is 12.3. The first-order valence-corrected chi connectivity index (χ1v) is 6.80. The van der Waals surface area contributed by atoms with Crippen molar-refractivity contribution in [3.63, 3.8) is 0 Å². The second kappa shape index (κ2) is 6.85. The van der Waals surface area contributed by atoms with Gasteiger partial charge in [0.15, 0.2) is 11.9 Å². The first-order chi connectivity index (χ1) is 10.5. The van der Waals surface area contributed by atoms with E-state index in [4.69, 9.17) is 4.74 Å². The van der Waals surface area contributed by atoms with Gasteiger partial charge in [-0.2, -0.15) is 0 Å². The number of ether oxygens (including phenoxy) is 1. The van der Waals surface area contributed by atoms with Gasteiger partial charge < -0.3 is 10.1 Å². The van der Waals surface area contributed by atoms with Crippen LogP contribution in [0.15, 0.2) is 48.5 Å². The number of amides is 1. The molecule has 0 saturated carbocycles. The molecule has 22 heavy (non-hydrogen) atoms. The van der Waals surface area contributed by atoms with E-state index in [1.165, 1.54) is 31.2 Å². The van der Waals surface area contributed by atoms with Crippen LogP contribution >= 0.6 is 0 Å². The molecule has 0 aliphatic heterocycles. The summed E-state index contributed by atoms with van der Waals surface area (Å²) in [5.74, 6) is -0.399. The lowest BCUT2D eigenvalue weighted by Crippen LogP contribution is -2.30. The highest BCUT2D eigenvalue weighted by atomic mass is 19.1. The van der Waals surface area contributed by atoms with E-state index >= 15 is 0 Å². The standard InChI is InChI=1S/C17H16FNO3/c1-11(20)13-4-3-5-15(10-13)19-17(21)12(2)22-16-8-6-14(18)7-9-16/h3-10,12H,1-2H3,(H,19,21)/t12-/m0/s1. The van der Waals surface area contributed by atoms with Gasteiger partial charge in [0.1, 0.15) is 11.6 Å². The van der Waals surface area contributed by atoms with Gasteiger partial charge >= 0.3 is 0 Å². The van der Waals surface area contributed by atoms with E-state index in [9.17, 15) is 14.0 Å². The van der Waals surface area contributed by atoms with Crippen molar-refractivity contribution in [3.8, 4) is 5.75 Å². The average Bonchev–Trinajstić information content (AvgIpc) is 2.49. The number of rotatable bonds is 5. The summed E-state index contributed by atoms with van der Waals surface area (Å²) >= 11 is 0. The maximum Gasteiger partial charge on any atom is 0.265 e. The highest BCUT2D eigenvalue weighted by molar-refractivity contribution is 5.98. The molecular formula is C17H16FNO3. The Hall–Kier alpha value is -2.69. The van der Waals surface area contributed by atoms with E-state index in [2.05, 4.69) is 5.32 Å². The molecule has 0 bridgehead atoms. The molecule has 5 heteroatoms. The van der Waals surface area contributed by atoms with Crippen molar-refractivity contribution in [1.29, 1.82) is 0 Å². The van der Waals surface area contributed by atoms with E-state index in [1.54, 1.807) is 31.2 Å². The Kier molecular flexibility index (Phi) is 4.88. The van der Waals surface area contributed by atoms with Gasteiger partial charge in [-0.05, 0) is 50.2 Å². The van der Waals surface area contributed by atoms with Gasteiger partial charge in [-0.25, -0.2) is 4.39 Å². The van der Waals surface area contributed by atoms with Gasteiger partial charge in [0.25, 0.3) is 5.91 Å². The average molecular weight is 301 g/mol. The minimum absolute atomic E-state index is 0.0771. The zero-order valence-electron chi connectivity index (χ0n) is 12.3. The Morgan fingerprint density at radius 1 is 1.14 bits per heavy atom. The fourth-order valence-electron chi connectivity index (χ4n) is 1.83. The lowest BCUT2D eigenvalue weighted by molar-refractivity contribution is -0.122. The number of ketones is 1. The fourth-order valence-corrected chi connectivity index (χ4v) is 1.83. The third-order valence-electron chi connectivity index (χ3n) is 3.03. The first kappa shape index (κ1) is 15.7. The maximum atomic E-state index is 12.8. The molecule has 2 aromatic carbocycles. The number of benzene rings is 2. The minimum atomic E-state index is -0.758. The molecule has 1 N–H and O–H groups in total. The van der Waals surface area contributed by atoms with E-state index in [1.807, 2.05) is 0 Å². The second-order valence-corrected chi connectivity index (χ2v) is 4.84. The molecule has 0 spiro atoms. The summed E-state index contributed by atoms with van der Waals surface area (Å²) in [7, 11) is 0. The van der Waals surface area contributed by atoms with Crippen LogP contribution in [-0.4, -0.2) is 17.8 Å². The lowest BCUT2D eigenvalue weighted by atomic mass is 10.1. The van der Waals surface area contributed by atoms with Crippen LogP contribution in [0.2, 0.25) is 0 Å². The van der Waals surface area contributed by atoms with Crippen molar-refractivity contribution in [2.75, 3.05) is 5.32 Å². The smallest absolute Gasteiger partial charge is 0.265 e. The molecule has 4 nitrogen and oxygen atoms in total. The number of carbonyl (C=O) groups excluding carboxylic acids is 2. The molecule has 0 aromatic heterocycles. The van der Waals surface area contributed by atoms with Crippen LogP contribution in [0.25, 0.3) is 0 Å². The summed E-state index contributed by atoms with van der Waals surface area (Å²) in [6.07, 6.45) is -0.758. The van der Waals surface area contributed by atoms with Gasteiger partial charge in [-0.1, -0.05) is 12.1 Å². The molecule has 0 heterocycles. The molecule has 114 valence electrons. The molecule has 2 rings (SSSR count). The Morgan fingerprint density at radius 2 is 1.82 bits per heavy atom. The van der Waals surface area contributed by atoms with Crippen LogP contribution in [0.3, 0.4) is 0 Å². The summed E-state index contributed by atoms with van der Waals surface area (Å²) in [6, 6.07) is 12.1. The quantitative estimate of drug-likeness (QED) is 0.861. The monoisotopic (exact) mass is 301 g/mol. The number of hydrogen-bond acceptors (Lipinski definition) is 3. The van der Waals surface area contributed by atoms with E-state index in [0.29, 0.717) is 17.0 Å². The number of nitrogens with one attached hydrogen (secondary N) is 1. The molecule has 0 aliphatic carbocycles. The van der Waals surface area contributed by atoms with Gasteiger partial charge in [-0.15, -0.1) is 0 Å². The Bertz CT molecular complexity index is 683. The first-order valence-electron chi connectivity index (χ1n) is 6.80. The highest BCUT2D eigenvalue weighted by Gasteiger charge is 2.15. The zero-order chi connectivity index (χ0) is 16.1.